The number of nitrogens with zero attached hydrogens (tertiary/aromatic N) is 2. The second-order valence-electron chi connectivity index (χ2n) is 7.32. The molecular weight excluding hydrogens is 390 g/mol. The average molecular weight is 410 g/mol. The Bertz CT molecular complexity index is 1100. The van der Waals surface area contributed by atoms with Gasteiger partial charge in [-0.3, -0.25) is 4.79 Å². The van der Waals surface area contributed by atoms with Gasteiger partial charge in [-0.05, 0) is 41.5 Å². The summed E-state index contributed by atoms with van der Waals surface area (Å²) in [7, 11) is 0. The molecule has 1 atom stereocenters. The summed E-state index contributed by atoms with van der Waals surface area (Å²) in [4.78, 5) is 19.8. The molecule has 1 aromatic heterocycles. The van der Waals surface area contributed by atoms with E-state index in [-0.39, 0.29) is 11.9 Å². The highest BCUT2D eigenvalue weighted by atomic mass is 35.5. The first-order valence-corrected chi connectivity index (χ1v) is 9.92. The van der Waals surface area contributed by atoms with Crippen molar-refractivity contribution < 1.29 is 14.3 Å². The molecular formula is C22H20ClN3O3. The number of pyridine rings is 1. The summed E-state index contributed by atoms with van der Waals surface area (Å²) in [5, 5.41) is 1.59. The molecule has 1 saturated heterocycles. The molecule has 2 aliphatic rings. The predicted octanol–water partition coefficient (Wildman–Crippen LogP) is 3.71. The van der Waals surface area contributed by atoms with Gasteiger partial charge in [0, 0.05) is 28.1 Å². The Hall–Kier alpha value is -2.67. The number of ether oxygens (including phenoxy) is 2. The molecule has 0 unspecified atom stereocenters. The molecule has 3 heterocycles. The molecule has 5 rings (SSSR count). The van der Waals surface area contributed by atoms with E-state index < -0.39 is 0 Å². The molecule has 2 N–H and O–H groups in total. The number of hydrogen-bond donors (Lipinski definition) is 1. The highest BCUT2D eigenvalue weighted by Crippen LogP contribution is 2.33. The maximum absolute atomic E-state index is 13.4. The van der Waals surface area contributed by atoms with Gasteiger partial charge in [-0.1, -0.05) is 23.7 Å². The Labute approximate surface area is 173 Å². The minimum absolute atomic E-state index is 0.0281. The number of carbonyl (C=O) groups excluding carboxylic acids is 1. The van der Waals surface area contributed by atoms with Crippen molar-refractivity contribution in [2.75, 3.05) is 25.5 Å². The monoisotopic (exact) mass is 409 g/mol. The van der Waals surface area contributed by atoms with E-state index in [1.165, 1.54) is 0 Å². The van der Waals surface area contributed by atoms with Crippen molar-refractivity contribution in [3.8, 4) is 0 Å². The van der Waals surface area contributed by atoms with E-state index in [2.05, 4.69) is 4.98 Å². The second kappa shape index (κ2) is 7.30. The molecule has 1 amide bonds. The van der Waals surface area contributed by atoms with Crippen molar-refractivity contribution >= 4 is 34.2 Å². The fourth-order valence-corrected chi connectivity index (χ4v) is 4.20. The van der Waals surface area contributed by atoms with Gasteiger partial charge in [0.2, 0.25) is 0 Å². The molecule has 0 aliphatic carbocycles. The van der Waals surface area contributed by atoms with Crippen LogP contribution in [0, 0.1) is 0 Å². The lowest BCUT2D eigenvalue weighted by Crippen LogP contribution is -2.43. The Morgan fingerprint density at radius 1 is 1.10 bits per heavy atom. The first kappa shape index (κ1) is 18.4. The highest BCUT2D eigenvalue weighted by Gasteiger charge is 2.30. The second-order valence-corrected chi connectivity index (χ2v) is 7.76. The average Bonchev–Trinajstić information content (AvgIpc) is 3.25. The Balaban J connectivity index is 1.52. The van der Waals surface area contributed by atoms with Gasteiger partial charge in [0.1, 0.15) is 5.82 Å². The van der Waals surface area contributed by atoms with E-state index in [1.807, 2.05) is 47.4 Å². The number of morpholine rings is 1. The van der Waals surface area contributed by atoms with Gasteiger partial charge in [0.15, 0.2) is 0 Å². The zero-order valence-corrected chi connectivity index (χ0v) is 16.5. The third kappa shape index (κ3) is 3.23. The van der Waals surface area contributed by atoms with Crippen molar-refractivity contribution in [1.29, 1.82) is 0 Å². The Morgan fingerprint density at radius 2 is 1.90 bits per heavy atom. The zero-order chi connectivity index (χ0) is 20.0. The lowest BCUT2D eigenvalue weighted by atomic mass is 10.0. The van der Waals surface area contributed by atoms with E-state index >= 15 is 0 Å². The molecule has 148 valence electrons. The van der Waals surface area contributed by atoms with Crippen molar-refractivity contribution in [1.82, 2.24) is 9.88 Å². The molecule has 6 nitrogen and oxygen atoms in total. The number of nitrogens with two attached hydrogens (primary N) is 1. The summed E-state index contributed by atoms with van der Waals surface area (Å²) in [5.74, 6) is 0.472. The molecule has 0 saturated carbocycles. The van der Waals surface area contributed by atoms with Crippen molar-refractivity contribution in [2.24, 2.45) is 0 Å². The minimum atomic E-state index is -0.150. The number of carbonyl (C=O) groups is 1. The van der Waals surface area contributed by atoms with Crippen LogP contribution in [0.1, 0.15) is 33.1 Å². The van der Waals surface area contributed by atoms with Crippen molar-refractivity contribution in [3.63, 3.8) is 0 Å². The van der Waals surface area contributed by atoms with Crippen LogP contribution in [0.2, 0.25) is 5.02 Å². The summed E-state index contributed by atoms with van der Waals surface area (Å²) in [6, 6.07) is 13.0. The van der Waals surface area contributed by atoms with Crippen LogP contribution in [-0.4, -0.2) is 35.5 Å². The van der Waals surface area contributed by atoms with Crippen LogP contribution in [0.25, 0.3) is 10.9 Å². The largest absolute Gasteiger partial charge is 0.383 e. The lowest BCUT2D eigenvalue weighted by Gasteiger charge is -2.36. The van der Waals surface area contributed by atoms with Gasteiger partial charge in [-0.15, -0.1) is 0 Å². The molecule has 29 heavy (non-hydrogen) atoms. The van der Waals surface area contributed by atoms with Crippen LogP contribution in [0.15, 0.2) is 42.5 Å². The molecule has 0 bridgehead atoms. The normalized spacial score (nSPS) is 18.8. The van der Waals surface area contributed by atoms with Gasteiger partial charge in [0.05, 0.1) is 38.0 Å². The van der Waals surface area contributed by atoms with Gasteiger partial charge in [-0.25, -0.2) is 4.98 Å². The van der Waals surface area contributed by atoms with Crippen molar-refractivity contribution in [3.05, 3.63) is 69.7 Å². The topological polar surface area (TPSA) is 77.7 Å². The number of hydrogen-bond acceptors (Lipinski definition) is 5. The van der Waals surface area contributed by atoms with Crippen LogP contribution >= 0.6 is 11.6 Å². The van der Waals surface area contributed by atoms with Gasteiger partial charge < -0.3 is 20.1 Å². The SMILES string of the molecule is Nc1nc2ccc(C(=O)N3CCOC[C@H]3c3ccc(Cl)cc3)cc2c2c1COC2. The van der Waals surface area contributed by atoms with Crippen LogP contribution in [-0.2, 0) is 22.7 Å². The first-order valence-electron chi connectivity index (χ1n) is 9.55. The number of benzene rings is 2. The van der Waals surface area contributed by atoms with Crippen LogP contribution in [0.5, 0.6) is 0 Å². The maximum Gasteiger partial charge on any atom is 0.254 e. The zero-order valence-electron chi connectivity index (χ0n) is 15.7. The van der Waals surface area contributed by atoms with E-state index in [0.717, 1.165) is 27.6 Å². The number of anilines is 1. The third-order valence-electron chi connectivity index (χ3n) is 5.62. The standard InChI is InChI=1S/C22H20ClN3O3/c23-15-4-1-13(2-5-15)20-12-28-8-7-26(20)22(27)14-3-6-19-16(9-14)17-10-29-11-18(17)21(24)25-19/h1-6,9,20H,7-8,10-12H2,(H2,24,25)/t20-/m0/s1. The number of nitrogen functional groups attached to an aromatic ring is 1. The molecule has 0 radical (unpaired) electrons. The molecule has 7 heteroatoms. The maximum atomic E-state index is 13.4. The van der Waals surface area contributed by atoms with Crippen molar-refractivity contribution in [2.45, 2.75) is 19.3 Å². The number of rotatable bonds is 2. The smallest absolute Gasteiger partial charge is 0.254 e. The fraction of sp³-hybridized carbons (Fsp3) is 0.273. The first-order chi connectivity index (χ1) is 14.1. The Morgan fingerprint density at radius 3 is 2.72 bits per heavy atom. The van der Waals surface area contributed by atoms with E-state index in [0.29, 0.717) is 49.4 Å². The molecule has 2 aliphatic heterocycles. The number of aromatic nitrogens is 1. The minimum Gasteiger partial charge on any atom is -0.383 e. The van der Waals surface area contributed by atoms with Gasteiger partial charge >= 0.3 is 0 Å². The molecule has 1 fully saturated rings. The number of fused-ring (bicyclic) bond motifs is 3. The van der Waals surface area contributed by atoms with E-state index in [1.54, 1.807) is 0 Å². The highest BCUT2D eigenvalue weighted by molar-refractivity contribution is 6.30. The number of amides is 1. The third-order valence-corrected chi connectivity index (χ3v) is 5.87. The molecule has 3 aromatic rings. The Kier molecular flexibility index (Phi) is 4.62. The summed E-state index contributed by atoms with van der Waals surface area (Å²) in [6.45, 7) is 2.46. The van der Waals surface area contributed by atoms with Gasteiger partial charge in [-0.2, -0.15) is 0 Å². The van der Waals surface area contributed by atoms with Gasteiger partial charge in [0.25, 0.3) is 5.91 Å². The fourth-order valence-electron chi connectivity index (χ4n) is 4.08. The predicted molar refractivity (Wildman–Crippen MR) is 111 cm³/mol. The van der Waals surface area contributed by atoms with E-state index in [9.17, 15) is 4.79 Å². The molecule has 2 aromatic carbocycles. The quantitative estimate of drug-likeness (QED) is 0.698. The van der Waals surface area contributed by atoms with Crippen LogP contribution < -0.4 is 5.73 Å². The van der Waals surface area contributed by atoms with E-state index in [4.69, 9.17) is 26.8 Å². The van der Waals surface area contributed by atoms with Crippen LogP contribution in [0.3, 0.4) is 0 Å². The lowest BCUT2D eigenvalue weighted by molar-refractivity contribution is -0.00268. The molecule has 0 spiro atoms. The summed E-state index contributed by atoms with van der Waals surface area (Å²) in [5.41, 5.74) is 10.4. The van der Waals surface area contributed by atoms with Crippen LogP contribution in [0.4, 0.5) is 5.82 Å². The summed E-state index contributed by atoms with van der Waals surface area (Å²) in [6.07, 6.45) is 0. The summed E-state index contributed by atoms with van der Waals surface area (Å²) < 4.78 is 11.2. The summed E-state index contributed by atoms with van der Waals surface area (Å²) >= 11 is 6.02. The number of halogens is 1.